The standard InChI is InChI=1S/C22H26N2O2/c1-17(18-8-3-2-4-9-18)14-21(25)23-15-19-10-5-6-11-20(19)16-24-13-7-12-22(24)26/h2-6,8-11,17H,7,12-16H2,1H3,(H,23,25). The molecule has 4 heteroatoms. The van der Waals surface area contributed by atoms with Crippen LogP contribution in [0.3, 0.4) is 0 Å². The first-order valence-electron chi connectivity index (χ1n) is 9.29. The minimum atomic E-state index is 0.0494. The Kier molecular flexibility index (Phi) is 6.05. The molecule has 0 aliphatic carbocycles. The molecule has 26 heavy (non-hydrogen) atoms. The smallest absolute Gasteiger partial charge is 0.222 e. The molecule has 0 aromatic heterocycles. The van der Waals surface area contributed by atoms with E-state index in [0.29, 0.717) is 25.9 Å². The first-order valence-corrected chi connectivity index (χ1v) is 9.29. The molecule has 1 atom stereocenters. The van der Waals surface area contributed by atoms with Gasteiger partial charge in [0.15, 0.2) is 0 Å². The summed E-state index contributed by atoms with van der Waals surface area (Å²) in [5.74, 6) is 0.461. The van der Waals surface area contributed by atoms with Crippen LogP contribution < -0.4 is 5.32 Å². The Morgan fingerprint density at radius 1 is 1.08 bits per heavy atom. The number of likely N-dealkylation sites (tertiary alicyclic amines) is 1. The predicted molar refractivity (Wildman–Crippen MR) is 102 cm³/mol. The molecule has 1 fully saturated rings. The molecule has 1 unspecified atom stereocenters. The fourth-order valence-electron chi connectivity index (χ4n) is 3.40. The third-order valence-corrected chi connectivity index (χ3v) is 4.99. The van der Waals surface area contributed by atoms with E-state index in [-0.39, 0.29) is 17.7 Å². The fourth-order valence-corrected chi connectivity index (χ4v) is 3.40. The van der Waals surface area contributed by atoms with Crippen molar-refractivity contribution >= 4 is 11.8 Å². The summed E-state index contributed by atoms with van der Waals surface area (Å²) in [6, 6.07) is 18.1. The average molecular weight is 350 g/mol. The molecule has 1 aliphatic rings. The third-order valence-electron chi connectivity index (χ3n) is 4.99. The van der Waals surface area contributed by atoms with Crippen LogP contribution in [0.25, 0.3) is 0 Å². The highest BCUT2D eigenvalue weighted by Crippen LogP contribution is 2.19. The quantitative estimate of drug-likeness (QED) is 0.829. The molecule has 136 valence electrons. The molecule has 2 amide bonds. The van der Waals surface area contributed by atoms with Gasteiger partial charge in [0.1, 0.15) is 0 Å². The summed E-state index contributed by atoms with van der Waals surface area (Å²) in [7, 11) is 0. The maximum absolute atomic E-state index is 12.3. The molecule has 1 aliphatic heterocycles. The van der Waals surface area contributed by atoms with E-state index in [1.54, 1.807) is 0 Å². The lowest BCUT2D eigenvalue weighted by Crippen LogP contribution is -2.27. The number of nitrogens with zero attached hydrogens (tertiary/aromatic N) is 1. The summed E-state index contributed by atoms with van der Waals surface area (Å²) in [6.45, 7) is 4.03. The van der Waals surface area contributed by atoms with Crippen molar-refractivity contribution in [1.29, 1.82) is 0 Å². The molecular formula is C22H26N2O2. The van der Waals surface area contributed by atoms with Gasteiger partial charge < -0.3 is 10.2 Å². The minimum Gasteiger partial charge on any atom is -0.352 e. The number of nitrogens with one attached hydrogen (secondary N) is 1. The lowest BCUT2D eigenvalue weighted by atomic mass is 9.97. The number of amides is 2. The Bertz CT molecular complexity index is 758. The van der Waals surface area contributed by atoms with Crippen molar-refractivity contribution in [1.82, 2.24) is 10.2 Å². The lowest BCUT2D eigenvalue weighted by molar-refractivity contribution is -0.128. The largest absolute Gasteiger partial charge is 0.352 e. The molecule has 2 aromatic rings. The molecule has 1 N–H and O–H groups in total. The highest BCUT2D eigenvalue weighted by molar-refractivity contribution is 5.78. The van der Waals surface area contributed by atoms with Crippen molar-refractivity contribution in [3.8, 4) is 0 Å². The number of carbonyl (C=O) groups excluding carboxylic acids is 2. The van der Waals surface area contributed by atoms with Crippen molar-refractivity contribution < 1.29 is 9.59 Å². The number of rotatable bonds is 7. The molecule has 2 aromatic carbocycles. The molecule has 0 spiro atoms. The van der Waals surface area contributed by atoms with Crippen LogP contribution >= 0.6 is 0 Å². The van der Waals surface area contributed by atoms with Gasteiger partial charge in [0.05, 0.1) is 0 Å². The zero-order valence-electron chi connectivity index (χ0n) is 15.3. The summed E-state index contributed by atoms with van der Waals surface area (Å²) in [4.78, 5) is 26.1. The second-order valence-corrected chi connectivity index (χ2v) is 6.98. The van der Waals surface area contributed by atoms with E-state index in [9.17, 15) is 9.59 Å². The van der Waals surface area contributed by atoms with E-state index < -0.39 is 0 Å². The Hall–Kier alpha value is -2.62. The summed E-state index contributed by atoms with van der Waals surface area (Å²) in [5.41, 5.74) is 3.36. The number of carbonyl (C=O) groups is 2. The fraction of sp³-hybridized carbons (Fsp3) is 0.364. The predicted octanol–water partition coefficient (Wildman–Crippen LogP) is 3.62. The Morgan fingerprint density at radius 3 is 2.46 bits per heavy atom. The zero-order chi connectivity index (χ0) is 18.4. The Labute approximate surface area is 155 Å². The maximum atomic E-state index is 12.3. The minimum absolute atomic E-state index is 0.0494. The molecule has 1 heterocycles. The summed E-state index contributed by atoms with van der Waals surface area (Å²) in [5, 5.41) is 3.03. The molecule has 4 nitrogen and oxygen atoms in total. The van der Waals surface area contributed by atoms with Crippen LogP contribution in [0, 0.1) is 0 Å². The van der Waals surface area contributed by atoms with Gasteiger partial charge in [-0.15, -0.1) is 0 Å². The van der Waals surface area contributed by atoms with Gasteiger partial charge in [0, 0.05) is 32.5 Å². The van der Waals surface area contributed by atoms with E-state index >= 15 is 0 Å². The number of benzene rings is 2. The van der Waals surface area contributed by atoms with Gasteiger partial charge in [-0.25, -0.2) is 0 Å². The second-order valence-electron chi connectivity index (χ2n) is 6.98. The van der Waals surface area contributed by atoms with Crippen molar-refractivity contribution in [2.24, 2.45) is 0 Å². The van der Waals surface area contributed by atoms with Crippen molar-refractivity contribution in [2.75, 3.05) is 6.54 Å². The van der Waals surface area contributed by atoms with E-state index in [0.717, 1.165) is 24.1 Å². The number of hydrogen-bond acceptors (Lipinski definition) is 2. The zero-order valence-corrected chi connectivity index (χ0v) is 15.3. The van der Waals surface area contributed by atoms with Gasteiger partial charge in [-0.3, -0.25) is 9.59 Å². The topological polar surface area (TPSA) is 49.4 Å². The monoisotopic (exact) mass is 350 g/mol. The van der Waals surface area contributed by atoms with Crippen LogP contribution in [0.1, 0.15) is 48.8 Å². The van der Waals surface area contributed by atoms with Crippen LogP contribution in [-0.2, 0) is 22.7 Å². The van der Waals surface area contributed by atoms with Gasteiger partial charge in [-0.1, -0.05) is 61.5 Å². The first-order chi connectivity index (χ1) is 12.6. The first kappa shape index (κ1) is 18.2. The Balaban J connectivity index is 1.56. The van der Waals surface area contributed by atoms with Crippen LogP contribution in [0.2, 0.25) is 0 Å². The Morgan fingerprint density at radius 2 is 1.77 bits per heavy atom. The highest BCUT2D eigenvalue weighted by atomic mass is 16.2. The van der Waals surface area contributed by atoms with Gasteiger partial charge in [0.2, 0.25) is 11.8 Å². The van der Waals surface area contributed by atoms with E-state index in [4.69, 9.17) is 0 Å². The van der Waals surface area contributed by atoms with E-state index in [1.807, 2.05) is 47.4 Å². The second kappa shape index (κ2) is 8.65. The van der Waals surface area contributed by atoms with E-state index in [2.05, 4.69) is 24.4 Å². The van der Waals surface area contributed by atoms with Crippen molar-refractivity contribution in [2.45, 2.75) is 45.2 Å². The SMILES string of the molecule is CC(CC(=O)NCc1ccccc1CN1CCCC1=O)c1ccccc1. The molecule has 0 bridgehead atoms. The lowest BCUT2D eigenvalue weighted by Gasteiger charge is -2.18. The van der Waals surface area contributed by atoms with Crippen LogP contribution in [-0.4, -0.2) is 23.3 Å². The molecular weight excluding hydrogens is 324 g/mol. The maximum Gasteiger partial charge on any atom is 0.222 e. The van der Waals surface area contributed by atoms with Gasteiger partial charge in [-0.05, 0) is 29.0 Å². The summed E-state index contributed by atoms with van der Waals surface area (Å²) >= 11 is 0. The molecule has 3 rings (SSSR count). The van der Waals surface area contributed by atoms with Crippen LogP contribution in [0.5, 0.6) is 0 Å². The van der Waals surface area contributed by atoms with Crippen molar-refractivity contribution in [3.63, 3.8) is 0 Å². The average Bonchev–Trinajstić information content (AvgIpc) is 3.06. The van der Waals surface area contributed by atoms with Gasteiger partial charge >= 0.3 is 0 Å². The van der Waals surface area contributed by atoms with Crippen LogP contribution in [0.15, 0.2) is 54.6 Å². The number of hydrogen-bond donors (Lipinski definition) is 1. The van der Waals surface area contributed by atoms with Crippen molar-refractivity contribution in [3.05, 3.63) is 71.3 Å². The molecule has 0 radical (unpaired) electrons. The molecule has 1 saturated heterocycles. The normalized spacial score (nSPS) is 15.1. The summed E-state index contributed by atoms with van der Waals surface area (Å²) < 4.78 is 0. The van der Waals surface area contributed by atoms with Gasteiger partial charge in [-0.2, -0.15) is 0 Å². The highest BCUT2D eigenvalue weighted by Gasteiger charge is 2.21. The van der Waals surface area contributed by atoms with Gasteiger partial charge in [0.25, 0.3) is 0 Å². The molecule has 0 saturated carbocycles. The third kappa shape index (κ3) is 4.72. The van der Waals surface area contributed by atoms with Crippen LogP contribution in [0.4, 0.5) is 0 Å². The summed E-state index contributed by atoms with van der Waals surface area (Å²) in [6.07, 6.45) is 2.06. The van der Waals surface area contributed by atoms with E-state index in [1.165, 1.54) is 5.56 Å².